The van der Waals surface area contributed by atoms with E-state index in [9.17, 15) is 19.4 Å². The van der Waals surface area contributed by atoms with Crippen LogP contribution in [-0.2, 0) is 18.4 Å². The lowest BCUT2D eigenvalue weighted by atomic mass is 10.0. The minimum absolute atomic E-state index is 0.0136. The molecule has 0 spiro atoms. The predicted molar refractivity (Wildman–Crippen MR) is 256 cm³/mol. The van der Waals surface area contributed by atoms with E-state index in [-0.39, 0.29) is 12.5 Å². The highest BCUT2D eigenvalue weighted by atomic mass is 31.2. The molecule has 0 aliphatic rings. The number of aliphatic hydroxyl groups is 1. The van der Waals surface area contributed by atoms with Crippen LogP contribution >= 0.6 is 7.82 Å². The van der Waals surface area contributed by atoms with Gasteiger partial charge in [0.2, 0.25) is 5.91 Å². The van der Waals surface area contributed by atoms with Gasteiger partial charge in [-0.2, -0.15) is 0 Å². The van der Waals surface area contributed by atoms with Gasteiger partial charge in [-0.25, -0.2) is 0 Å². The highest BCUT2D eigenvalue weighted by Gasteiger charge is 2.23. The highest BCUT2D eigenvalue weighted by Crippen LogP contribution is 2.38. The molecule has 0 bridgehead atoms. The number of phosphoric acid groups is 1. The lowest BCUT2D eigenvalue weighted by Crippen LogP contribution is -2.45. The van der Waals surface area contributed by atoms with Gasteiger partial charge in [0.1, 0.15) is 13.2 Å². The number of allylic oxidation sites excluding steroid dienone is 9. The van der Waals surface area contributed by atoms with Gasteiger partial charge in [-0.15, -0.1) is 0 Å². The molecule has 0 fully saturated rings. The Bertz CT molecular complexity index is 1160. The molecule has 0 radical (unpaired) electrons. The summed E-state index contributed by atoms with van der Waals surface area (Å²) in [6.45, 7) is 4.57. The molecule has 1 amide bonds. The molecule has 0 saturated heterocycles. The van der Waals surface area contributed by atoms with Crippen molar-refractivity contribution in [2.45, 2.75) is 219 Å². The average molecular weight is 863 g/mol. The molecule has 0 aromatic carbocycles. The zero-order valence-corrected chi connectivity index (χ0v) is 40.5. The minimum atomic E-state index is -4.61. The van der Waals surface area contributed by atoms with Crippen LogP contribution in [0.4, 0.5) is 0 Å². The number of amides is 1. The summed E-state index contributed by atoms with van der Waals surface area (Å²) >= 11 is 0. The quantitative estimate of drug-likeness (QED) is 0.0208. The van der Waals surface area contributed by atoms with Crippen molar-refractivity contribution in [2.75, 3.05) is 40.9 Å². The summed E-state index contributed by atoms with van der Waals surface area (Å²) in [5, 5.41) is 13.8. The van der Waals surface area contributed by atoms with E-state index in [0.717, 1.165) is 64.2 Å². The van der Waals surface area contributed by atoms with Gasteiger partial charge in [0.15, 0.2) is 0 Å². The van der Waals surface area contributed by atoms with Crippen molar-refractivity contribution >= 4 is 13.7 Å². The van der Waals surface area contributed by atoms with Gasteiger partial charge in [0.05, 0.1) is 39.9 Å². The summed E-state index contributed by atoms with van der Waals surface area (Å²) in [6.07, 6.45) is 55.7. The van der Waals surface area contributed by atoms with Crippen LogP contribution in [0.5, 0.6) is 0 Å². The summed E-state index contributed by atoms with van der Waals surface area (Å²) in [4.78, 5) is 25.3. The molecule has 2 N–H and O–H groups in total. The van der Waals surface area contributed by atoms with Gasteiger partial charge in [0, 0.05) is 6.42 Å². The Labute approximate surface area is 371 Å². The summed E-state index contributed by atoms with van der Waals surface area (Å²) in [5.41, 5.74) is 0. The second-order valence-electron chi connectivity index (χ2n) is 17.8. The van der Waals surface area contributed by atoms with Gasteiger partial charge in [-0.3, -0.25) is 9.36 Å². The van der Waals surface area contributed by atoms with Crippen LogP contribution in [0.3, 0.4) is 0 Å². The zero-order chi connectivity index (χ0) is 44.3. The number of phosphoric ester groups is 1. The van der Waals surface area contributed by atoms with Crippen LogP contribution in [-0.4, -0.2) is 68.5 Å². The van der Waals surface area contributed by atoms with Crippen LogP contribution in [0.2, 0.25) is 0 Å². The first-order valence-corrected chi connectivity index (χ1v) is 26.1. The van der Waals surface area contributed by atoms with E-state index in [1.165, 1.54) is 122 Å². The topological polar surface area (TPSA) is 108 Å². The molecule has 0 rings (SSSR count). The van der Waals surface area contributed by atoms with Crippen molar-refractivity contribution < 1.29 is 32.9 Å². The summed E-state index contributed by atoms with van der Waals surface area (Å²) in [6, 6.07) is -0.917. The fourth-order valence-corrected chi connectivity index (χ4v) is 7.49. The number of unbranched alkanes of at least 4 members (excludes halogenated alkanes) is 24. The van der Waals surface area contributed by atoms with E-state index in [1.54, 1.807) is 6.08 Å². The molecule has 3 atom stereocenters. The molecule has 8 nitrogen and oxygen atoms in total. The maximum Gasteiger partial charge on any atom is 0.268 e. The van der Waals surface area contributed by atoms with Crippen LogP contribution < -0.4 is 10.2 Å². The number of nitrogens with zero attached hydrogens (tertiary/aromatic N) is 1. The van der Waals surface area contributed by atoms with Crippen molar-refractivity contribution in [1.29, 1.82) is 0 Å². The molecule has 0 aromatic rings. The second-order valence-corrected chi connectivity index (χ2v) is 19.2. The van der Waals surface area contributed by atoms with Crippen molar-refractivity contribution in [2.24, 2.45) is 0 Å². The van der Waals surface area contributed by atoms with Crippen molar-refractivity contribution in [3.8, 4) is 0 Å². The first-order chi connectivity index (χ1) is 29.0. The third-order valence-corrected chi connectivity index (χ3v) is 11.7. The number of quaternary nitrogens is 1. The standard InChI is InChI=1S/C51H95N2O6P/c1-6-8-10-12-14-16-18-20-22-23-24-25-26-27-28-29-31-32-34-36-38-40-42-44-50(54)49(48-59-60(56,57)58-47-46-53(3,4)5)52-51(55)45-43-41-39-37-35-33-30-21-19-17-15-13-11-9-7-2/h15,17,19,21,28-29,34,36,42,44,49-50,54H,6-14,16,18,20,22-27,30-33,35,37-41,43,45-48H2,1-5H3,(H-,52,55,56,57)/b17-15-,21-19-,29-28+,36-34+,44-42+. The maximum atomic E-state index is 12.9. The normalized spacial score (nSPS) is 14.7. The van der Waals surface area contributed by atoms with Crippen molar-refractivity contribution in [1.82, 2.24) is 5.32 Å². The van der Waals surface area contributed by atoms with E-state index in [2.05, 4.69) is 67.8 Å². The molecule has 60 heavy (non-hydrogen) atoms. The monoisotopic (exact) mass is 863 g/mol. The fourth-order valence-electron chi connectivity index (χ4n) is 6.76. The SMILES string of the molecule is CCCCC/C=C\C=C/CCCCCCCCC(=O)NC(COP(=O)([O-])OCC[N+](C)(C)C)C(O)/C=C/CC/C=C/CC/C=C/CCCCCCCCCCCCCCC. The zero-order valence-electron chi connectivity index (χ0n) is 39.6. The summed E-state index contributed by atoms with van der Waals surface area (Å²) in [5.74, 6) is -0.225. The highest BCUT2D eigenvalue weighted by molar-refractivity contribution is 7.45. The third-order valence-electron chi connectivity index (χ3n) is 10.7. The second kappa shape index (κ2) is 42.5. The van der Waals surface area contributed by atoms with E-state index >= 15 is 0 Å². The molecule has 0 aliphatic carbocycles. The van der Waals surface area contributed by atoms with Gasteiger partial charge < -0.3 is 28.8 Å². The Balaban J connectivity index is 4.43. The Morgan fingerprint density at radius 2 is 0.983 bits per heavy atom. The Kier molecular flexibility index (Phi) is 41.2. The van der Waals surface area contributed by atoms with Crippen LogP contribution in [0.15, 0.2) is 60.8 Å². The molecule has 0 saturated carbocycles. The third kappa shape index (κ3) is 44.3. The molecule has 9 heteroatoms. The number of nitrogens with one attached hydrogen (secondary N) is 1. The maximum absolute atomic E-state index is 12.9. The van der Waals surface area contributed by atoms with E-state index < -0.39 is 26.6 Å². The Morgan fingerprint density at radius 1 is 0.583 bits per heavy atom. The molecule has 350 valence electrons. The van der Waals surface area contributed by atoms with Gasteiger partial charge in [-0.1, -0.05) is 190 Å². The predicted octanol–water partition coefficient (Wildman–Crippen LogP) is 13.6. The largest absolute Gasteiger partial charge is 0.756 e. The lowest BCUT2D eigenvalue weighted by Gasteiger charge is -2.29. The average Bonchev–Trinajstić information content (AvgIpc) is 3.20. The van der Waals surface area contributed by atoms with Gasteiger partial charge in [0.25, 0.3) is 7.82 Å². The first-order valence-electron chi connectivity index (χ1n) is 24.7. The number of rotatable bonds is 44. The number of carbonyl (C=O) groups is 1. The Hall–Kier alpha value is -1.80. The molecule has 0 aromatic heterocycles. The number of carbonyl (C=O) groups excluding carboxylic acids is 1. The first kappa shape index (κ1) is 58.2. The Morgan fingerprint density at radius 3 is 1.48 bits per heavy atom. The van der Waals surface area contributed by atoms with E-state index in [0.29, 0.717) is 17.4 Å². The van der Waals surface area contributed by atoms with Crippen LogP contribution in [0, 0.1) is 0 Å². The molecular weight excluding hydrogens is 768 g/mol. The fraction of sp³-hybridized carbons (Fsp3) is 0.784. The van der Waals surface area contributed by atoms with E-state index in [1.807, 2.05) is 27.2 Å². The summed E-state index contributed by atoms with van der Waals surface area (Å²) < 4.78 is 23.2. The van der Waals surface area contributed by atoms with Crippen LogP contribution in [0.25, 0.3) is 0 Å². The number of likely N-dealkylation sites (N-methyl/N-ethyl adjacent to an activating group) is 1. The molecule has 0 heterocycles. The van der Waals surface area contributed by atoms with Crippen molar-refractivity contribution in [3.05, 3.63) is 60.8 Å². The number of aliphatic hydroxyl groups excluding tert-OH is 1. The van der Waals surface area contributed by atoms with Crippen molar-refractivity contribution in [3.63, 3.8) is 0 Å². The van der Waals surface area contributed by atoms with Crippen LogP contribution in [0.1, 0.15) is 206 Å². The smallest absolute Gasteiger partial charge is 0.268 e. The number of hydrogen-bond acceptors (Lipinski definition) is 6. The molecular formula is C51H95N2O6P. The minimum Gasteiger partial charge on any atom is -0.756 e. The van der Waals surface area contributed by atoms with E-state index in [4.69, 9.17) is 9.05 Å². The molecule has 3 unspecified atom stereocenters. The molecule has 0 aliphatic heterocycles. The lowest BCUT2D eigenvalue weighted by molar-refractivity contribution is -0.870. The van der Waals surface area contributed by atoms with Gasteiger partial charge >= 0.3 is 0 Å². The summed E-state index contributed by atoms with van der Waals surface area (Å²) in [7, 11) is 1.22. The van der Waals surface area contributed by atoms with Gasteiger partial charge in [-0.05, 0) is 70.6 Å². The number of hydrogen-bond donors (Lipinski definition) is 2.